The Balaban J connectivity index is 1.97. The molecule has 0 saturated heterocycles. The lowest BCUT2D eigenvalue weighted by molar-refractivity contribution is -0.0706. The van der Waals surface area contributed by atoms with Crippen LogP contribution < -0.4 is 4.98 Å². The Kier molecular flexibility index (Phi) is 12.0. The van der Waals surface area contributed by atoms with E-state index in [9.17, 15) is 0 Å². The summed E-state index contributed by atoms with van der Waals surface area (Å²) in [6, 6.07) is 48.1. The largest absolute Gasteiger partial charge is 0.632 e. The summed E-state index contributed by atoms with van der Waals surface area (Å²) in [6.45, 7) is 23.2. The van der Waals surface area contributed by atoms with Crippen LogP contribution in [-0.2, 0) is 13.3 Å². The molecule has 0 radical (unpaired) electrons. The summed E-state index contributed by atoms with van der Waals surface area (Å²) < 4.78 is 21.4. The minimum atomic E-state index is -3.80. The second kappa shape index (κ2) is 15.9. The number of hydrogen-bond acceptors (Lipinski definition) is 4. The van der Waals surface area contributed by atoms with Crippen molar-refractivity contribution in [2.45, 2.75) is 111 Å². The van der Waals surface area contributed by atoms with Crippen molar-refractivity contribution in [3.05, 3.63) is 172 Å². The second-order valence-corrected chi connectivity index (χ2v) is 19.0. The number of nitrogens with one attached hydrogen (secondary N) is 1. The summed E-state index contributed by atoms with van der Waals surface area (Å²) in [5.41, 5.74) is 7.63. The van der Waals surface area contributed by atoms with Gasteiger partial charge in [0.1, 0.15) is 0 Å². The first-order valence-electron chi connectivity index (χ1n) is 18.7. The highest BCUT2D eigenvalue weighted by atomic mass is 28.4. The zero-order valence-corrected chi connectivity index (χ0v) is 34.2. The van der Waals surface area contributed by atoms with E-state index in [1.165, 1.54) is 27.8 Å². The third-order valence-electron chi connectivity index (χ3n) is 8.64. The molecule has 0 fully saturated rings. The minimum absolute atomic E-state index is 0.0971. The van der Waals surface area contributed by atoms with Gasteiger partial charge in [0.25, 0.3) is 0 Å². The Morgan fingerprint density at radius 1 is 0.423 bits per heavy atom. The molecule has 0 amide bonds. The van der Waals surface area contributed by atoms with Gasteiger partial charge in [-0.25, -0.2) is 0 Å². The lowest BCUT2D eigenvalue weighted by Crippen LogP contribution is -2.63. The normalized spacial score (nSPS) is 12.9. The summed E-state index contributed by atoms with van der Waals surface area (Å²) in [5.74, 6) is 0.0794. The van der Waals surface area contributed by atoms with Gasteiger partial charge in [-0.1, -0.05) is 147 Å². The van der Waals surface area contributed by atoms with Gasteiger partial charge in [-0.05, 0) is 107 Å². The fraction of sp³-hybridized carbons (Fsp3) is 0.362. The van der Waals surface area contributed by atoms with E-state index in [-0.39, 0.29) is 17.8 Å². The predicted molar refractivity (Wildman–Crippen MR) is 220 cm³/mol. The maximum Gasteiger partial charge on any atom is 0.632 e. The molecule has 0 spiro atoms. The third-order valence-corrected chi connectivity index (χ3v) is 11.8. The molecule has 52 heavy (non-hydrogen) atoms. The first kappa shape index (κ1) is 39.2. The van der Waals surface area contributed by atoms with E-state index in [0.717, 1.165) is 16.8 Å². The maximum atomic E-state index is 7.13. The smallest absolute Gasteiger partial charge is 0.352 e. The summed E-state index contributed by atoms with van der Waals surface area (Å²) in [6.07, 6.45) is 0. The van der Waals surface area contributed by atoms with Gasteiger partial charge in [-0.2, -0.15) is 0 Å². The molecule has 0 bridgehead atoms. The molecule has 0 aliphatic carbocycles. The monoisotopic (exact) mass is 713 g/mol. The molecule has 5 aromatic carbocycles. The van der Waals surface area contributed by atoms with Crippen LogP contribution in [0, 0.1) is 0 Å². The second-order valence-electron chi connectivity index (χ2n) is 17.1. The van der Waals surface area contributed by atoms with Crippen molar-refractivity contribution in [2.24, 2.45) is 0 Å². The van der Waals surface area contributed by atoms with E-state index in [0.29, 0.717) is 0 Å². The lowest BCUT2D eigenvalue weighted by Gasteiger charge is -2.43. The van der Waals surface area contributed by atoms with Crippen LogP contribution in [-0.4, -0.2) is 25.8 Å². The van der Waals surface area contributed by atoms with E-state index < -0.39 is 25.8 Å². The van der Waals surface area contributed by atoms with Gasteiger partial charge in [0.2, 0.25) is 0 Å². The van der Waals surface area contributed by atoms with Crippen molar-refractivity contribution >= 4 is 14.7 Å². The van der Waals surface area contributed by atoms with Crippen molar-refractivity contribution in [3.8, 4) is 0 Å². The molecule has 274 valence electrons. The zero-order chi connectivity index (χ0) is 37.7. The molecule has 4 nitrogen and oxygen atoms in total. The molecule has 0 aliphatic rings. The first-order chi connectivity index (χ1) is 24.4. The van der Waals surface area contributed by atoms with Crippen LogP contribution in [0.5, 0.6) is 0 Å². The van der Waals surface area contributed by atoms with Crippen LogP contribution in [0.4, 0.5) is 5.69 Å². The van der Waals surface area contributed by atoms with Crippen molar-refractivity contribution in [1.82, 2.24) is 0 Å². The summed E-state index contributed by atoms with van der Waals surface area (Å²) in [4.78, 5) is 4.08. The molecule has 0 heterocycles. The van der Waals surface area contributed by atoms with Crippen LogP contribution in [0.1, 0.15) is 133 Å². The Morgan fingerprint density at radius 3 is 0.923 bits per heavy atom. The molecule has 1 N–H and O–H groups in total. The van der Waals surface area contributed by atoms with Crippen LogP contribution in [0.2, 0.25) is 0 Å². The van der Waals surface area contributed by atoms with E-state index in [2.05, 4.69) is 215 Å². The van der Waals surface area contributed by atoms with E-state index >= 15 is 0 Å². The van der Waals surface area contributed by atoms with Gasteiger partial charge in [-0.3, -0.25) is 0 Å². The molecule has 5 aromatic rings. The number of rotatable bonds is 12. The number of hydrogen-bond donors (Lipinski definition) is 1. The van der Waals surface area contributed by atoms with Gasteiger partial charge >= 0.3 is 8.97 Å². The quantitative estimate of drug-likeness (QED) is 0.103. The van der Waals surface area contributed by atoms with Crippen LogP contribution >= 0.6 is 0 Å². The van der Waals surface area contributed by atoms with Gasteiger partial charge in [0.15, 0.2) is 0 Å². The lowest BCUT2D eigenvalue weighted by atomic mass is 9.77. The standard InChI is InChI=1S/C47H59NO3Si/c1-34(2)39-32-40(42(35-24-16-12-17-25-35)36-26-18-13-19-27-36)44(48-52(49-45(3,4)5,50-46(6,7)8)51-47(9,10)11)41(33-39)43(37-28-20-14-21-29-37)38-30-22-15-23-31-38/h12-34,42-43,48H,1-11H3. The summed E-state index contributed by atoms with van der Waals surface area (Å²) in [7, 11) is -3.80. The van der Waals surface area contributed by atoms with Crippen molar-refractivity contribution in [1.29, 1.82) is 0 Å². The van der Waals surface area contributed by atoms with Gasteiger partial charge in [0.05, 0.1) is 16.8 Å². The average Bonchev–Trinajstić information content (AvgIpc) is 3.05. The zero-order valence-electron chi connectivity index (χ0n) is 33.2. The van der Waals surface area contributed by atoms with Crippen LogP contribution in [0.25, 0.3) is 0 Å². The van der Waals surface area contributed by atoms with E-state index in [4.69, 9.17) is 13.3 Å². The number of benzene rings is 5. The van der Waals surface area contributed by atoms with Crippen molar-refractivity contribution in [2.75, 3.05) is 4.98 Å². The molecule has 0 atom stereocenters. The Labute approximate surface area is 315 Å². The van der Waals surface area contributed by atoms with Crippen molar-refractivity contribution in [3.63, 3.8) is 0 Å². The molecule has 0 saturated carbocycles. The molecule has 0 aliphatic heterocycles. The molecule has 5 rings (SSSR count). The summed E-state index contributed by atoms with van der Waals surface area (Å²) in [5, 5.41) is 0. The molecule has 0 aromatic heterocycles. The van der Waals surface area contributed by atoms with Gasteiger partial charge in [-0.15, -0.1) is 0 Å². The molecule has 0 unspecified atom stereocenters. The van der Waals surface area contributed by atoms with Crippen molar-refractivity contribution < 1.29 is 13.3 Å². The molecular weight excluding hydrogens is 655 g/mol. The first-order valence-corrected chi connectivity index (χ1v) is 20.4. The Bertz CT molecular complexity index is 1630. The van der Waals surface area contributed by atoms with Crippen LogP contribution in [0.15, 0.2) is 133 Å². The minimum Gasteiger partial charge on any atom is -0.352 e. The molecule has 5 heteroatoms. The van der Waals surface area contributed by atoms with E-state index in [1.807, 2.05) is 0 Å². The average molecular weight is 714 g/mol. The van der Waals surface area contributed by atoms with Crippen LogP contribution in [0.3, 0.4) is 0 Å². The maximum absolute atomic E-state index is 7.13. The Morgan fingerprint density at radius 2 is 0.692 bits per heavy atom. The summed E-state index contributed by atoms with van der Waals surface area (Å²) >= 11 is 0. The van der Waals surface area contributed by atoms with E-state index in [1.54, 1.807) is 0 Å². The van der Waals surface area contributed by atoms with Gasteiger partial charge in [0, 0.05) is 17.5 Å². The fourth-order valence-corrected chi connectivity index (χ4v) is 10.1. The van der Waals surface area contributed by atoms with Gasteiger partial charge < -0.3 is 18.3 Å². The highest BCUT2D eigenvalue weighted by Crippen LogP contribution is 2.46. The third kappa shape index (κ3) is 10.3. The molecular formula is C47H59NO3Si. The topological polar surface area (TPSA) is 39.7 Å². The SMILES string of the molecule is CC(C)c1cc(C(c2ccccc2)c2ccccc2)c(N[Si](OC(C)(C)C)(OC(C)(C)C)OC(C)(C)C)c(C(c2ccccc2)c2ccccc2)c1. The Hall–Kier alpha value is -4.00. The highest BCUT2D eigenvalue weighted by molar-refractivity contribution is 6.65. The fourth-order valence-electron chi connectivity index (χ4n) is 6.83. The number of anilines is 1. The predicted octanol–water partition coefficient (Wildman–Crippen LogP) is 12.5. The highest BCUT2D eigenvalue weighted by Gasteiger charge is 2.53.